The van der Waals surface area contributed by atoms with Crippen LogP contribution in [0.2, 0.25) is 5.02 Å². The Hall–Kier alpha value is -2.68. The van der Waals surface area contributed by atoms with Crippen LogP contribution in [0, 0.1) is 0 Å². The van der Waals surface area contributed by atoms with E-state index in [2.05, 4.69) is 34.1 Å². The zero-order valence-electron chi connectivity index (χ0n) is 24.5. The first-order valence-corrected chi connectivity index (χ1v) is 16.0. The number of anilines is 1. The molecule has 0 bridgehead atoms. The average Bonchev–Trinajstić information content (AvgIpc) is 2.92. The van der Waals surface area contributed by atoms with Gasteiger partial charge in [-0.25, -0.2) is 4.57 Å². The third kappa shape index (κ3) is 10.9. The van der Waals surface area contributed by atoms with Gasteiger partial charge in [0.2, 0.25) is 0 Å². The lowest BCUT2D eigenvalue weighted by Gasteiger charge is -2.25. The second-order valence-corrected chi connectivity index (χ2v) is 12.3. The van der Waals surface area contributed by atoms with Crippen molar-refractivity contribution in [3.8, 4) is 5.75 Å². The second-order valence-electron chi connectivity index (χ2n) is 10.2. The average molecular weight is 605 g/mol. The summed E-state index contributed by atoms with van der Waals surface area (Å²) in [5.41, 5.74) is 1.90. The van der Waals surface area contributed by atoms with Crippen molar-refractivity contribution in [3.63, 3.8) is 0 Å². The van der Waals surface area contributed by atoms with E-state index in [9.17, 15) is 9.36 Å². The molecule has 9 nitrogen and oxygen atoms in total. The Bertz CT molecular complexity index is 1300. The van der Waals surface area contributed by atoms with E-state index in [1.54, 1.807) is 51.2 Å². The Kier molecular flexibility index (Phi) is 12.9. The number of rotatable bonds is 17. The summed E-state index contributed by atoms with van der Waals surface area (Å²) in [4.78, 5) is 19.0. The maximum atomic E-state index is 13.6. The number of aromatic nitrogens is 1. The normalized spacial score (nSPS) is 14.5. The minimum absolute atomic E-state index is 0.163. The molecule has 1 heterocycles. The molecule has 3 aromatic rings. The first-order valence-electron chi connectivity index (χ1n) is 14.1. The monoisotopic (exact) mass is 604 g/mol. The number of hydrogen-bond donors (Lipinski definition) is 2. The molecular weight excluding hydrogens is 563 g/mol. The highest BCUT2D eigenvalue weighted by Crippen LogP contribution is 2.44. The highest BCUT2D eigenvalue weighted by Gasteiger charge is 2.32. The van der Waals surface area contributed by atoms with E-state index in [0.29, 0.717) is 17.3 Å². The standard InChI is InChI=1S/C30H42ClN4O5P/c1-6-35(18-10-11-23(4)33-28-16-17-32-29-21-25(31)14-15-27(28)29)19-20-38-41(37,40-26-12-8-7-9-13-26)34-24(5)30(36)39-22(2)3/h7-9,12-17,21-24H,6,10-11,18-20H2,1-5H3,(H,32,33)(H,34,37)/t23-,24+,41+/m1/s1. The number of hydrogen-bond acceptors (Lipinski definition) is 8. The maximum Gasteiger partial charge on any atom is 0.459 e. The summed E-state index contributed by atoms with van der Waals surface area (Å²) in [7, 11) is -3.87. The fourth-order valence-corrected chi connectivity index (χ4v) is 5.91. The van der Waals surface area contributed by atoms with Gasteiger partial charge in [-0.05, 0) is 90.0 Å². The number of para-hydroxylation sites is 1. The molecule has 0 fully saturated rings. The van der Waals surface area contributed by atoms with Crippen LogP contribution in [-0.2, 0) is 18.6 Å². The molecule has 0 saturated heterocycles. The predicted octanol–water partition coefficient (Wildman–Crippen LogP) is 6.92. The second kappa shape index (κ2) is 16.1. The first-order chi connectivity index (χ1) is 19.6. The lowest BCUT2D eigenvalue weighted by atomic mass is 10.1. The number of nitrogens with zero attached hydrogens (tertiary/aromatic N) is 2. The van der Waals surface area contributed by atoms with Gasteiger partial charge in [-0.2, -0.15) is 5.09 Å². The van der Waals surface area contributed by atoms with Crippen LogP contribution in [0.5, 0.6) is 5.75 Å². The van der Waals surface area contributed by atoms with Crippen LogP contribution in [0.4, 0.5) is 5.69 Å². The molecule has 11 heteroatoms. The van der Waals surface area contributed by atoms with Gasteiger partial charge in [0, 0.05) is 34.9 Å². The Morgan fingerprint density at radius 3 is 2.54 bits per heavy atom. The number of carbonyl (C=O) groups is 1. The summed E-state index contributed by atoms with van der Waals surface area (Å²) in [5, 5.41) is 8.04. The maximum absolute atomic E-state index is 13.6. The van der Waals surface area contributed by atoms with Crippen molar-refractivity contribution in [2.45, 2.75) is 65.6 Å². The molecule has 3 atom stereocenters. The van der Waals surface area contributed by atoms with Crippen molar-refractivity contribution < 1.29 is 23.1 Å². The van der Waals surface area contributed by atoms with Gasteiger partial charge in [0.15, 0.2) is 0 Å². The van der Waals surface area contributed by atoms with Crippen LogP contribution in [-0.4, -0.2) is 60.3 Å². The van der Waals surface area contributed by atoms with Crippen LogP contribution in [0.3, 0.4) is 0 Å². The first kappa shape index (κ1) is 32.8. The topological polar surface area (TPSA) is 102 Å². The Morgan fingerprint density at radius 1 is 1.07 bits per heavy atom. The van der Waals surface area contributed by atoms with E-state index >= 15 is 0 Å². The van der Waals surface area contributed by atoms with Gasteiger partial charge >= 0.3 is 13.7 Å². The number of carbonyl (C=O) groups excluding carboxylic acids is 1. The number of nitrogens with one attached hydrogen (secondary N) is 2. The molecule has 3 rings (SSSR count). The number of benzene rings is 2. The van der Waals surface area contributed by atoms with E-state index < -0.39 is 19.8 Å². The molecule has 0 aliphatic rings. The number of ether oxygens (including phenoxy) is 1. The molecule has 0 unspecified atom stereocenters. The molecule has 1 aromatic heterocycles. The Balaban J connectivity index is 1.51. The number of pyridine rings is 1. The lowest BCUT2D eigenvalue weighted by molar-refractivity contribution is -0.149. The third-order valence-electron chi connectivity index (χ3n) is 6.36. The molecule has 224 valence electrons. The fourth-order valence-electron chi connectivity index (χ4n) is 4.26. The van der Waals surface area contributed by atoms with E-state index in [1.807, 2.05) is 30.3 Å². The number of fused-ring (bicyclic) bond motifs is 1. The summed E-state index contributed by atoms with van der Waals surface area (Å²) in [6.07, 6.45) is 3.42. The van der Waals surface area contributed by atoms with Crippen molar-refractivity contribution in [2.24, 2.45) is 0 Å². The van der Waals surface area contributed by atoms with Gasteiger partial charge in [-0.1, -0.05) is 36.7 Å². The Labute approximate surface area is 248 Å². The van der Waals surface area contributed by atoms with Crippen molar-refractivity contribution in [3.05, 3.63) is 65.8 Å². The molecule has 0 radical (unpaired) electrons. The molecule has 0 aliphatic heterocycles. The zero-order valence-corrected chi connectivity index (χ0v) is 26.2. The van der Waals surface area contributed by atoms with Gasteiger partial charge in [0.1, 0.15) is 11.8 Å². The lowest BCUT2D eigenvalue weighted by Crippen LogP contribution is -2.37. The van der Waals surface area contributed by atoms with Gasteiger partial charge in [-0.3, -0.25) is 14.3 Å². The SMILES string of the molecule is CCN(CCC[C@@H](C)Nc1ccnc2cc(Cl)ccc12)CCO[P@@](=O)(N[C@@H](C)C(=O)OC(C)C)Oc1ccccc1. The van der Waals surface area contributed by atoms with Crippen molar-refractivity contribution in [1.29, 1.82) is 0 Å². The number of likely N-dealkylation sites (N-methyl/N-ethyl adjacent to an activating group) is 1. The van der Waals surface area contributed by atoms with E-state index in [0.717, 1.165) is 42.5 Å². The molecule has 0 amide bonds. The summed E-state index contributed by atoms with van der Waals surface area (Å²) in [6, 6.07) is 15.8. The van der Waals surface area contributed by atoms with Crippen molar-refractivity contribution in [1.82, 2.24) is 15.0 Å². The largest absolute Gasteiger partial charge is 0.462 e. The van der Waals surface area contributed by atoms with Gasteiger partial charge in [-0.15, -0.1) is 0 Å². The quantitative estimate of drug-likeness (QED) is 0.125. The van der Waals surface area contributed by atoms with Crippen molar-refractivity contribution in [2.75, 3.05) is 31.6 Å². The molecule has 0 aliphatic carbocycles. The van der Waals surface area contributed by atoms with Crippen LogP contribution >= 0.6 is 19.3 Å². The Morgan fingerprint density at radius 2 is 1.83 bits per heavy atom. The van der Waals surface area contributed by atoms with Crippen LogP contribution < -0.4 is 14.9 Å². The fraction of sp³-hybridized carbons (Fsp3) is 0.467. The van der Waals surface area contributed by atoms with Gasteiger partial charge < -0.3 is 19.5 Å². The molecule has 41 heavy (non-hydrogen) atoms. The van der Waals surface area contributed by atoms with E-state index in [-0.39, 0.29) is 18.8 Å². The van der Waals surface area contributed by atoms with Crippen molar-refractivity contribution >= 4 is 41.9 Å². The summed E-state index contributed by atoms with van der Waals surface area (Å²) >= 11 is 6.12. The van der Waals surface area contributed by atoms with E-state index in [4.69, 9.17) is 25.4 Å². The molecule has 0 spiro atoms. The molecule has 0 saturated carbocycles. The molecule has 2 N–H and O–H groups in total. The predicted molar refractivity (Wildman–Crippen MR) is 166 cm³/mol. The minimum atomic E-state index is -3.87. The van der Waals surface area contributed by atoms with Crippen LogP contribution in [0.25, 0.3) is 10.9 Å². The van der Waals surface area contributed by atoms with Crippen LogP contribution in [0.1, 0.15) is 47.5 Å². The summed E-state index contributed by atoms with van der Waals surface area (Å²) in [5.74, 6) is -0.145. The number of esters is 1. The molecule has 2 aromatic carbocycles. The zero-order chi connectivity index (χ0) is 29.8. The minimum Gasteiger partial charge on any atom is -0.462 e. The van der Waals surface area contributed by atoms with Crippen LogP contribution in [0.15, 0.2) is 60.8 Å². The molecular formula is C30H42ClN4O5P. The van der Waals surface area contributed by atoms with E-state index in [1.165, 1.54) is 0 Å². The third-order valence-corrected chi connectivity index (χ3v) is 8.27. The summed E-state index contributed by atoms with van der Waals surface area (Å²) < 4.78 is 30.4. The summed E-state index contributed by atoms with van der Waals surface area (Å²) in [6.45, 7) is 11.7. The smallest absolute Gasteiger partial charge is 0.459 e. The van der Waals surface area contributed by atoms with Gasteiger partial charge in [0.05, 0.1) is 18.2 Å². The highest BCUT2D eigenvalue weighted by atomic mass is 35.5. The van der Waals surface area contributed by atoms with Gasteiger partial charge in [0.25, 0.3) is 0 Å². The number of halogens is 1. The highest BCUT2D eigenvalue weighted by molar-refractivity contribution is 7.52.